The summed E-state index contributed by atoms with van der Waals surface area (Å²) in [7, 11) is 0.875. The molecule has 2 aromatic carbocycles. The van der Waals surface area contributed by atoms with E-state index in [1.54, 1.807) is 37.3 Å². The van der Waals surface area contributed by atoms with Gasteiger partial charge in [-0.25, -0.2) is 8.42 Å². The van der Waals surface area contributed by atoms with Crippen molar-refractivity contribution < 1.29 is 31.8 Å². The monoisotopic (exact) mass is 475 g/mol. The summed E-state index contributed by atoms with van der Waals surface area (Å²) >= 11 is 0. The van der Waals surface area contributed by atoms with Crippen LogP contribution < -0.4 is 14.2 Å². The molecule has 0 aliphatic carbocycles. The van der Waals surface area contributed by atoms with Gasteiger partial charge < -0.3 is 23.4 Å². The first-order valence-corrected chi connectivity index (χ1v) is 11.7. The number of rotatable bonds is 7. The van der Waals surface area contributed by atoms with Gasteiger partial charge in [0.1, 0.15) is 0 Å². The van der Waals surface area contributed by atoms with Crippen LogP contribution in [-0.4, -0.2) is 70.6 Å². The number of aromatic nitrogens is 2. The number of nitrogens with zero attached hydrogens (tertiary/aromatic N) is 3. The Hall–Kier alpha value is -3.15. The molecule has 10 nitrogen and oxygen atoms in total. The van der Waals surface area contributed by atoms with Crippen LogP contribution in [0.4, 0.5) is 0 Å². The van der Waals surface area contributed by atoms with Crippen molar-refractivity contribution in [2.75, 3.05) is 47.6 Å². The highest BCUT2D eigenvalue weighted by molar-refractivity contribution is 7.89. The molecule has 0 amide bonds. The number of benzene rings is 2. The number of methoxy groups -OCH3 is 3. The highest BCUT2D eigenvalue weighted by atomic mass is 32.2. The third kappa shape index (κ3) is 4.39. The number of sulfonamides is 1. The summed E-state index contributed by atoms with van der Waals surface area (Å²) in [5.74, 6) is 1.75. The van der Waals surface area contributed by atoms with E-state index in [4.69, 9.17) is 23.4 Å². The normalized spacial score (nSPS) is 14.8. The molecule has 0 spiro atoms. The van der Waals surface area contributed by atoms with Gasteiger partial charge in [-0.1, -0.05) is 6.07 Å². The summed E-state index contributed by atoms with van der Waals surface area (Å²) in [5.41, 5.74) is 1.70. The van der Waals surface area contributed by atoms with E-state index in [1.165, 1.54) is 25.6 Å². The molecular formula is C22H25N3O7S. The average molecular weight is 476 g/mol. The minimum Gasteiger partial charge on any atom is -0.493 e. The van der Waals surface area contributed by atoms with Crippen molar-refractivity contribution >= 4 is 10.0 Å². The van der Waals surface area contributed by atoms with E-state index in [1.807, 2.05) is 0 Å². The Morgan fingerprint density at radius 1 is 0.879 bits per heavy atom. The molecule has 0 bridgehead atoms. The predicted octanol–water partition coefficient (Wildman–Crippen LogP) is 2.76. The Bertz CT molecular complexity index is 1230. The second kappa shape index (κ2) is 9.38. The van der Waals surface area contributed by atoms with E-state index in [2.05, 4.69) is 10.2 Å². The van der Waals surface area contributed by atoms with Crippen LogP contribution in [0.25, 0.3) is 22.9 Å². The van der Waals surface area contributed by atoms with Gasteiger partial charge in [0.15, 0.2) is 11.5 Å². The fourth-order valence-corrected chi connectivity index (χ4v) is 5.26. The van der Waals surface area contributed by atoms with E-state index in [0.29, 0.717) is 60.2 Å². The zero-order chi connectivity index (χ0) is 23.6. The zero-order valence-corrected chi connectivity index (χ0v) is 19.6. The summed E-state index contributed by atoms with van der Waals surface area (Å²) in [4.78, 5) is 0.203. The molecule has 33 heavy (non-hydrogen) atoms. The molecule has 4 rings (SSSR count). The fourth-order valence-electron chi connectivity index (χ4n) is 3.60. The topological polar surface area (TPSA) is 113 Å². The minimum atomic E-state index is -3.68. The number of morpholine rings is 1. The summed E-state index contributed by atoms with van der Waals surface area (Å²) in [5, 5.41) is 8.25. The number of ether oxygens (including phenoxy) is 4. The second-order valence-electron chi connectivity index (χ2n) is 7.32. The molecule has 2 heterocycles. The molecule has 176 valence electrons. The van der Waals surface area contributed by atoms with Crippen LogP contribution >= 0.6 is 0 Å². The lowest BCUT2D eigenvalue weighted by Gasteiger charge is -2.26. The summed E-state index contributed by atoms with van der Waals surface area (Å²) in [6.45, 7) is 3.14. The van der Waals surface area contributed by atoms with E-state index < -0.39 is 10.0 Å². The van der Waals surface area contributed by atoms with Gasteiger partial charge in [-0.2, -0.15) is 4.31 Å². The fraction of sp³-hybridized carbons (Fsp3) is 0.364. The van der Waals surface area contributed by atoms with Gasteiger partial charge in [0.2, 0.25) is 27.6 Å². The quantitative estimate of drug-likeness (QED) is 0.509. The van der Waals surface area contributed by atoms with Gasteiger partial charge in [0, 0.05) is 24.2 Å². The molecule has 0 saturated carbocycles. The zero-order valence-electron chi connectivity index (χ0n) is 18.8. The van der Waals surface area contributed by atoms with Crippen molar-refractivity contribution in [3.8, 4) is 40.2 Å². The van der Waals surface area contributed by atoms with E-state index in [-0.39, 0.29) is 16.7 Å². The SMILES string of the molecule is COc1cc(-c2nnc(-c3ccc(C)c(S(=O)(=O)N4CCOCC4)c3)o2)cc(OC)c1OC. The Morgan fingerprint density at radius 2 is 1.48 bits per heavy atom. The summed E-state index contributed by atoms with van der Waals surface area (Å²) in [6.07, 6.45) is 0. The van der Waals surface area contributed by atoms with Crippen molar-refractivity contribution in [3.63, 3.8) is 0 Å². The van der Waals surface area contributed by atoms with Crippen LogP contribution in [0, 0.1) is 6.92 Å². The maximum absolute atomic E-state index is 13.2. The molecule has 11 heteroatoms. The highest BCUT2D eigenvalue weighted by Crippen LogP contribution is 2.41. The third-order valence-corrected chi connectivity index (χ3v) is 7.40. The molecule has 1 aromatic heterocycles. The molecule has 1 aliphatic heterocycles. The van der Waals surface area contributed by atoms with Crippen molar-refractivity contribution in [2.45, 2.75) is 11.8 Å². The molecule has 1 aliphatic rings. The molecule has 1 saturated heterocycles. The van der Waals surface area contributed by atoms with Gasteiger partial charge in [0.05, 0.1) is 39.4 Å². The summed E-state index contributed by atoms with van der Waals surface area (Å²) in [6, 6.07) is 8.43. The maximum atomic E-state index is 13.2. The molecular weight excluding hydrogens is 450 g/mol. The maximum Gasteiger partial charge on any atom is 0.248 e. The van der Waals surface area contributed by atoms with Gasteiger partial charge in [0.25, 0.3) is 0 Å². The first kappa shape index (κ1) is 23.0. The predicted molar refractivity (Wildman–Crippen MR) is 119 cm³/mol. The van der Waals surface area contributed by atoms with Crippen LogP contribution in [0.2, 0.25) is 0 Å². The van der Waals surface area contributed by atoms with Gasteiger partial charge in [-0.15, -0.1) is 10.2 Å². The number of aryl methyl sites for hydroxylation is 1. The lowest BCUT2D eigenvalue weighted by molar-refractivity contribution is 0.0730. The Labute approximate surface area is 192 Å². The van der Waals surface area contributed by atoms with Gasteiger partial charge in [-0.3, -0.25) is 0 Å². The van der Waals surface area contributed by atoms with Crippen molar-refractivity contribution in [3.05, 3.63) is 35.9 Å². The largest absolute Gasteiger partial charge is 0.493 e. The van der Waals surface area contributed by atoms with Crippen LogP contribution in [0.5, 0.6) is 17.2 Å². The first-order chi connectivity index (χ1) is 15.9. The smallest absolute Gasteiger partial charge is 0.248 e. The molecule has 0 atom stereocenters. The lowest BCUT2D eigenvalue weighted by Crippen LogP contribution is -2.40. The molecule has 0 N–H and O–H groups in total. The average Bonchev–Trinajstić information content (AvgIpc) is 3.34. The Balaban J connectivity index is 1.71. The number of hydrogen-bond acceptors (Lipinski definition) is 9. The van der Waals surface area contributed by atoms with Crippen LogP contribution in [0.15, 0.2) is 39.6 Å². The minimum absolute atomic E-state index is 0.192. The molecule has 0 unspecified atom stereocenters. The Morgan fingerprint density at radius 3 is 2.06 bits per heavy atom. The third-order valence-electron chi connectivity index (χ3n) is 5.36. The first-order valence-electron chi connectivity index (χ1n) is 10.2. The van der Waals surface area contributed by atoms with Crippen molar-refractivity contribution in [2.24, 2.45) is 0 Å². The highest BCUT2D eigenvalue weighted by Gasteiger charge is 2.28. The van der Waals surface area contributed by atoms with Gasteiger partial charge >= 0.3 is 0 Å². The second-order valence-corrected chi connectivity index (χ2v) is 9.23. The standard InChI is InChI=1S/C22H25N3O7S/c1-14-5-6-15(13-19(14)33(26,27)25-7-9-31-10-8-25)21-23-24-22(32-21)16-11-17(28-2)20(30-4)18(12-16)29-3/h5-6,11-13H,7-10H2,1-4H3. The molecule has 0 radical (unpaired) electrons. The summed E-state index contributed by atoms with van der Waals surface area (Å²) < 4.78 is 55.1. The van der Waals surface area contributed by atoms with E-state index in [9.17, 15) is 8.42 Å². The van der Waals surface area contributed by atoms with Crippen LogP contribution in [0.3, 0.4) is 0 Å². The molecule has 1 fully saturated rings. The molecule has 3 aromatic rings. The van der Waals surface area contributed by atoms with E-state index >= 15 is 0 Å². The van der Waals surface area contributed by atoms with Crippen LogP contribution in [-0.2, 0) is 14.8 Å². The van der Waals surface area contributed by atoms with Gasteiger partial charge in [-0.05, 0) is 36.8 Å². The van der Waals surface area contributed by atoms with E-state index in [0.717, 1.165) is 0 Å². The number of hydrogen-bond donors (Lipinski definition) is 0. The van der Waals surface area contributed by atoms with Crippen molar-refractivity contribution in [1.29, 1.82) is 0 Å². The van der Waals surface area contributed by atoms with Crippen molar-refractivity contribution in [1.82, 2.24) is 14.5 Å². The Kier molecular flexibility index (Phi) is 6.54. The van der Waals surface area contributed by atoms with Crippen LogP contribution in [0.1, 0.15) is 5.56 Å². The lowest BCUT2D eigenvalue weighted by atomic mass is 10.1.